The largest absolute Gasteiger partial charge is 0.387 e. The van der Waals surface area contributed by atoms with Gasteiger partial charge in [-0.1, -0.05) is 0 Å². The lowest BCUT2D eigenvalue weighted by atomic mass is 9.99. The number of nitrogens with one attached hydrogen (secondary N) is 2. The predicted octanol–water partition coefficient (Wildman–Crippen LogP) is 1.04. The first kappa shape index (κ1) is 19.2. The van der Waals surface area contributed by atoms with Gasteiger partial charge >= 0.3 is 11.8 Å². The number of anilines is 2. The zero-order valence-electron chi connectivity index (χ0n) is 16.3. The Hall–Kier alpha value is -3.13. The summed E-state index contributed by atoms with van der Waals surface area (Å²) in [5.41, 5.74) is 4.17. The van der Waals surface area contributed by atoms with Gasteiger partial charge in [0.2, 0.25) is 5.91 Å². The number of aromatic nitrogens is 1. The van der Waals surface area contributed by atoms with Crippen LogP contribution in [0.3, 0.4) is 0 Å². The summed E-state index contributed by atoms with van der Waals surface area (Å²) in [5, 5.41) is 15.3. The van der Waals surface area contributed by atoms with Gasteiger partial charge in [-0.25, -0.2) is 0 Å². The molecule has 4 rings (SSSR count). The van der Waals surface area contributed by atoms with Crippen LogP contribution in [0.4, 0.5) is 11.4 Å². The smallest absolute Gasteiger partial charge is 0.313 e. The molecule has 8 heteroatoms. The van der Waals surface area contributed by atoms with E-state index in [2.05, 4.69) is 10.6 Å². The molecule has 29 heavy (non-hydrogen) atoms. The molecular weight excluding hydrogens is 372 g/mol. The first-order chi connectivity index (χ1) is 13.9. The molecule has 0 radical (unpaired) electrons. The maximum absolute atomic E-state index is 12.2. The van der Waals surface area contributed by atoms with Crippen LogP contribution >= 0.6 is 0 Å². The van der Waals surface area contributed by atoms with E-state index in [1.165, 1.54) is 0 Å². The molecule has 0 spiro atoms. The highest BCUT2D eigenvalue weighted by Gasteiger charge is 2.32. The van der Waals surface area contributed by atoms with Crippen molar-refractivity contribution in [1.29, 1.82) is 0 Å². The van der Waals surface area contributed by atoms with Crippen LogP contribution < -0.4 is 15.5 Å². The number of carbonyl (C=O) groups excluding carboxylic acids is 3. The number of hydrogen-bond acceptors (Lipinski definition) is 4. The highest BCUT2D eigenvalue weighted by atomic mass is 16.3. The van der Waals surface area contributed by atoms with Gasteiger partial charge in [0.15, 0.2) is 0 Å². The van der Waals surface area contributed by atoms with E-state index >= 15 is 0 Å². The van der Waals surface area contributed by atoms with Crippen LogP contribution in [0.15, 0.2) is 30.5 Å². The third-order valence-corrected chi connectivity index (χ3v) is 5.50. The molecule has 2 aromatic rings. The number of nitrogens with zero attached hydrogens (tertiary/aromatic N) is 2. The maximum Gasteiger partial charge on any atom is 0.313 e. The van der Waals surface area contributed by atoms with Crippen molar-refractivity contribution in [2.45, 2.75) is 31.8 Å². The number of aliphatic hydroxyl groups is 1. The highest BCUT2D eigenvalue weighted by molar-refractivity contribution is 6.39. The molecule has 0 unspecified atom stereocenters. The van der Waals surface area contributed by atoms with E-state index in [0.29, 0.717) is 18.5 Å². The zero-order valence-corrected chi connectivity index (χ0v) is 16.3. The molecule has 152 valence electrons. The van der Waals surface area contributed by atoms with Gasteiger partial charge < -0.3 is 25.2 Å². The topological polar surface area (TPSA) is 104 Å². The standard InChI is InChI=1S/C21H24N4O4/c1-24-8-3-5-16(24)17(26)6-7-22-20(28)21(29)23-15-10-13-4-2-9-25-18(27)12-14(11-15)19(13)25/h3,5,8,10-11,17,26H,2,4,6-7,9,12H2,1H3,(H,22,28)(H,23,29)/t17-/m0/s1. The van der Waals surface area contributed by atoms with Gasteiger partial charge in [0.25, 0.3) is 0 Å². The Kier molecular flexibility index (Phi) is 5.10. The Morgan fingerprint density at radius 2 is 2.03 bits per heavy atom. The Bertz CT molecular complexity index is 981. The van der Waals surface area contributed by atoms with Gasteiger partial charge in [-0.15, -0.1) is 0 Å². The van der Waals surface area contributed by atoms with Crippen molar-refractivity contribution >= 4 is 29.1 Å². The van der Waals surface area contributed by atoms with Gasteiger partial charge in [0, 0.05) is 37.7 Å². The van der Waals surface area contributed by atoms with Gasteiger partial charge in [0.05, 0.1) is 18.2 Å². The SMILES string of the molecule is Cn1cccc1[C@@H](O)CCNC(=O)C(=O)Nc1cc2c3c(c1)CC(=O)N3CCC2. The number of rotatable bonds is 5. The van der Waals surface area contributed by atoms with Gasteiger partial charge in [-0.2, -0.15) is 0 Å². The van der Waals surface area contributed by atoms with Crippen LogP contribution in [0.5, 0.6) is 0 Å². The molecule has 2 aliphatic heterocycles. The summed E-state index contributed by atoms with van der Waals surface area (Å²) in [7, 11) is 1.83. The van der Waals surface area contributed by atoms with Crippen molar-refractivity contribution in [3.05, 3.63) is 47.3 Å². The molecular formula is C21H24N4O4. The summed E-state index contributed by atoms with van der Waals surface area (Å²) >= 11 is 0. The first-order valence-corrected chi connectivity index (χ1v) is 9.78. The lowest BCUT2D eigenvalue weighted by molar-refractivity contribution is -0.136. The lowest BCUT2D eigenvalue weighted by Crippen LogP contribution is -2.36. The van der Waals surface area contributed by atoms with Crippen molar-refractivity contribution in [2.24, 2.45) is 7.05 Å². The molecule has 8 nitrogen and oxygen atoms in total. The maximum atomic E-state index is 12.2. The predicted molar refractivity (Wildman–Crippen MR) is 107 cm³/mol. The molecule has 3 amide bonds. The quantitative estimate of drug-likeness (QED) is 0.657. The minimum absolute atomic E-state index is 0.0824. The fourth-order valence-corrected chi connectivity index (χ4v) is 4.11. The number of aliphatic hydroxyl groups excluding tert-OH is 1. The number of carbonyl (C=O) groups is 3. The second-order valence-corrected chi connectivity index (χ2v) is 7.53. The Morgan fingerprint density at radius 1 is 1.24 bits per heavy atom. The molecule has 1 aromatic heterocycles. The minimum Gasteiger partial charge on any atom is -0.387 e. The van der Waals surface area contributed by atoms with Crippen molar-refractivity contribution in [3.63, 3.8) is 0 Å². The van der Waals surface area contributed by atoms with E-state index in [-0.39, 0.29) is 12.5 Å². The normalized spacial score (nSPS) is 15.8. The number of hydrogen-bond donors (Lipinski definition) is 3. The zero-order chi connectivity index (χ0) is 20.5. The van der Waals surface area contributed by atoms with Crippen molar-refractivity contribution in [2.75, 3.05) is 23.3 Å². The van der Waals surface area contributed by atoms with E-state index < -0.39 is 17.9 Å². The summed E-state index contributed by atoms with van der Waals surface area (Å²) in [5.74, 6) is -1.43. The van der Waals surface area contributed by atoms with Crippen LogP contribution in [0, 0.1) is 0 Å². The van der Waals surface area contributed by atoms with Crippen LogP contribution in [0.1, 0.15) is 35.8 Å². The Labute approximate surface area is 168 Å². The summed E-state index contributed by atoms with van der Waals surface area (Å²) in [4.78, 5) is 38.3. The Balaban J connectivity index is 1.34. The molecule has 0 saturated heterocycles. The summed E-state index contributed by atoms with van der Waals surface area (Å²) in [6.45, 7) is 0.916. The summed E-state index contributed by atoms with van der Waals surface area (Å²) in [6, 6.07) is 7.26. The van der Waals surface area contributed by atoms with Crippen molar-refractivity contribution < 1.29 is 19.5 Å². The molecule has 0 aliphatic carbocycles. The fourth-order valence-electron chi connectivity index (χ4n) is 4.11. The van der Waals surface area contributed by atoms with E-state index in [4.69, 9.17) is 0 Å². The third kappa shape index (κ3) is 3.75. The molecule has 0 bridgehead atoms. The molecule has 3 N–H and O–H groups in total. The summed E-state index contributed by atoms with van der Waals surface area (Å²) < 4.78 is 1.81. The average Bonchev–Trinajstić information content (AvgIpc) is 3.26. The molecule has 0 saturated carbocycles. The Morgan fingerprint density at radius 3 is 2.79 bits per heavy atom. The lowest BCUT2D eigenvalue weighted by Gasteiger charge is -2.26. The monoisotopic (exact) mass is 396 g/mol. The van der Waals surface area contributed by atoms with E-state index in [0.717, 1.165) is 41.9 Å². The van der Waals surface area contributed by atoms with Crippen LogP contribution in [-0.2, 0) is 34.3 Å². The minimum atomic E-state index is -0.762. The average molecular weight is 396 g/mol. The van der Waals surface area contributed by atoms with Crippen molar-refractivity contribution in [3.8, 4) is 0 Å². The highest BCUT2D eigenvalue weighted by Crippen LogP contribution is 2.38. The van der Waals surface area contributed by atoms with Gasteiger partial charge in [-0.05, 0) is 54.7 Å². The van der Waals surface area contributed by atoms with Crippen molar-refractivity contribution in [1.82, 2.24) is 9.88 Å². The van der Waals surface area contributed by atoms with Gasteiger partial charge in [-0.3, -0.25) is 14.4 Å². The van der Waals surface area contributed by atoms with Crippen LogP contribution in [-0.4, -0.2) is 40.5 Å². The second kappa shape index (κ2) is 7.71. The number of benzene rings is 1. The summed E-state index contributed by atoms with van der Waals surface area (Å²) in [6.07, 6.45) is 3.48. The molecule has 0 fully saturated rings. The van der Waals surface area contributed by atoms with Gasteiger partial charge in [0.1, 0.15) is 0 Å². The van der Waals surface area contributed by atoms with Crippen LogP contribution in [0.25, 0.3) is 0 Å². The van der Waals surface area contributed by atoms with Crippen LogP contribution in [0.2, 0.25) is 0 Å². The fraction of sp³-hybridized carbons (Fsp3) is 0.381. The van der Waals surface area contributed by atoms with E-state index in [1.807, 2.05) is 40.9 Å². The second-order valence-electron chi connectivity index (χ2n) is 7.53. The number of aryl methyl sites for hydroxylation is 2. The van der Waals surface area contributed by atoms with E-state index in [1.54, 1.807) is 6.07 Å². The first-order valence-electron chi connectivity index (χ1n) is 9.78. The molecule has 3 heterocycles. The third-order valence-electron chi connectivity index (χ3n) is 5.50. The molecule has 1 aromatic carbocycles. The number of amides is 3. The van der Waals surface area contributed by atoms with E-state index in [9.17, 15) is 19.5 Å². The molecule has 2 aliphatic rings. The molecule has 1 atom stereocenters.